The van der Waals surface area contributed by atoms with Gasteiger partial charge in [0.2, 0.25) is 5.17 Å². The van der Waals surface area contributed by atoms with Gasteiger partial charge in [-0.1, -0.05) is 53.6 Å². The summed E-state index contributed by atoms with van der Waals surface area (Å²) in [5, 5.41) is 15.9. The van der Waals surface area contributed by atoms with Crippen molar-refractivity contribution in [2.75, 3.05) is 19.5 Å². The molecule has 0 atom stereocenters. The van der Waals surface area contributed by atoms with Crippen LogP contribution in [0.1, 0.15) is 16.7 Å². The molecule has 0 bridgehead atoms. The Morgan fingerprint density at radius 3 is 2.66 bits per heavy atom. The molecule has 0 aromatic heterocycles. The van der Waals surface area contributed by atoms with E-state index in [4.69, 9.17) is 26.5 Å². The summed E-state index contributed by atoms with van der Waals surface area (Å²) in [6.07, 6.45) is 1.61. The highest BCUT2D eigenvalue weighted by molar-refractivity contribution is 8.27. The third kappa shape index (κ3) is 5.65. The molecule has 3 aromatic carbocycles. The molecule has 1 N–H and O–H groups in total. The molecule has 2 aliphatic rings. The van der Waals surface area contributed by atoms with Crippen molar-refractivity contribution in [3.63, 3.8) is 0 Å². The lowest BCUT2D eigenvalue weighted by atomic mass is 10.1. The Hall–Kier alpha value is -3.53. The zero-order valence-electron chi connectivity index (χ0n) is 20.6. The van der Waals surface area contributed by atoms with Crippen molar-refractivity contribution in [3.05, 3.63) is 94.0 Å². The predicted octanol–water partition coefficient (Wildman–Crippen LogP) is 6.50. The Morgan fingerprint density at radius 1 is 1.11 bits per heavy atom. The normalized spacial score (nSPS) is 15.9. The van der Waals surface area contributed by atoms with Crippen LogP contribution in [0.4, 0.5) is 0 Å². The SMILES string of the molecule is COc1cc(/C=C2\C(=N)N3N=C(c4ccccc4Cl)SC3=NC2=O)ccc1OCCSc1ccc(C)cc1. The molecule has 10 heteroatoms. The molecule has 192 valence electrons. The van der Waals surface area contributed by atoms with Crippen molar-refractivity contribution in [2.45, 2.75) is 11.8 Å². The molecule has 5 rings (SSSR count). The van der Waals surface area contributed by atoms with E-state index in [2.05, 4.69) is 41.3 Å². The van der Waals surface area contributed by atoms with Gasteiger partial charge in [-0.2, -0.15) is 15.1 Å². The van der Waals surface area contributed by atoms with E-state index in [0.29, 0.717) is 38.9 Å². The first-order chi connectivity index (χ1) is 18.4. The molecule has 2 aliphatic heterocycles. The number of hydrogen-bond acceptors (Lipinski definition) is 7. The van der Waals surface area contributed by atoms with Gasteiger partial charge in [0.05, 0.1) is 24.3 Å². The number of ether oxygens (including phenoxy) is 2. The monoisotopic (exact) mass is 562 g/mol. The number of rotatable bonds is 8. The van der Waals surface area contributed by atoms with Crippen LogP contribution in [-0.2, 0) is 4.79 Å². The van der Waals surface area contributed by atoms with E-state index in [9.17, 15) is 4.79 Å². The number of hydrogen-bond donors (Lipinski definition) is 1. The fraction of sp³-hybridized carbons (Fsp3) is 0.143. The van der Waals surface area contributed by atoms with Crippen LogP contribution in [0.2, 0.25) is 5.02 Å². The first-order valence-electron chi connectivity index (χ1n) is 11.7. The maximum absolute atomic E-state index is 12.8. The van der Waals surface area contributed by atoms with Crippen LogP contribution in [0.5, 0.6) is 11.5 Å². The molecule has 0 spiro atoms. The van der Waals surface area contributed by atoms with Gasteiger partial charge in [-0.15, -0.1) is 11.8 Å². The Bertz CT molecular complexity index is 1500. The van der Waals surface area contributed by atoms with Gasteiger partial charge >= 0.3 is 0 Å². The molecule has 7 nitrogen and oxygen atoms in total. The van der Waals surface area contributed by atoms with Crippen LogP contribution in [0.3, 0.4) is 0 Å². The van der Waals surface area contributed by atoms with Crippen LogP contribution in [0, 0.1) is 12.3 Å². The number of carbonyl (C=O) groups is 1. The van der Waals surface area contributed by atoms with Crippen molar-refractivity contribution < 1.29 is 14.3 Å². The third-order valence-electron chi connectivity index (χ3n) is 5.69. The first-order valence-corrected chi connectivity index (χ1v) is 13.9. The number of nitrogens with zero attached hydrogens (tertiary/aromatic N) is 3. The lowest BCUT2D eigenvalue weighted by Gasteiger charge is -2.20. The fourth-order valence-corrected chi connectivity index (χ4v) is 5.68. The minimum Gasteiger partial charge on any atom is -0.493 e. The second kappa shape index (κ2) is 11.5. The molecule has 3 aromatic rings. The molecule has 0 saturated carbocycles. The molecule has 0 unspecified atom stereocenters. The molecule has 0 saturated heterocycles. The van der Waals surface area contributed by atoms with E-state index in [0.717, 1.165) is 11.3 Å². The van der Waals surface area contributed by atoms with Crippen molar-refractivity contribution in [1.82, 2.24) is 5.01 Å². The number of benzene rings is 3. The number of fused-ring (bicyclic) bond motifs is 1. The van der Waals surface area contributed by atoms with Gasteiger partial charge in [-0.3, -0.25) is 10.2 Å². The van der Waals surface area contributed by atoms with Gasteiger partial charge in [0.1, 0.15) is 5.04 Å². The molecule has 0 fully saturated rings. The highest BCUT2D eigenvalue weighted by Crippen LogP contribution is 2.34. The number of carbonyl (C=O) groups excluding carboxylic acids is 1. The van der Waals surface area contributed by atoms with Gasteiger partial charge in [-0.05, 0) is 60.7 Å². The Morgan fingerprint density at radius 2 is 1.89 bits per heavy atom. The van der Waals surface area contributed by atoms with E-state index < -0.39 is 5.91 Å². The van der Waals surface area contributed by atoms with Crippen LogP contribution in [0.25, 0.3) is 6.08 Å². The average molecular weight is 563 g/mol. The van der Waals surface area contributed by atoms with E-state index in [-0.39, 0.29) is 11.4 Å². The summed E-state index contributed by atoms with van der Waals surface area (Å²) in [4.78, 5) is 18.2. The van der Waals surface area contributed by atoms with E-state index in [1.807, 2.05) is 24.3 Å². The summed E-state index contributed by atoms with van der Waals surface area (Å²) in [6, 6.07) is 21.1. The summed E-state index contributed by atoms with van der Waals surface area (Å²) >= 11 is 9.24. The Labute approximate surface area is 234 Å². The van der Waals surface area contributed by atoms with Crippen LogP contribution < -0.4 is 9.47 Å². The lowest BCUT2D eigenvalue weighted by molar-refractivity contribution is -0.114. The van der Waals surface area contributed by atoms with Gasteiger partial charge in [-0.25, -0.2) is 0 Å². The second-order valence-corrected chi connectivity index (χ2v) is 10.9. The molecule has 0 radical (unpaired) electrons. The number of hydrazone groups is 1. The molecular weight excluding hydrogens is 540 g/mol. The summed E-state index contributed by atoms with van der Waals surface area (Å²) in [5.74, 6) is 1.37. The van der Waals surface area contributed by atoms with Crippen molar-refractivity contribution in [1.29, 1.82) is 5.41 Å². The fourth-order valence-electron chi connectivity index (χ4n) is 3.74. The number of nitrogens with one attached hydrogen (secondary N) is 1. The zero-order chi connectivity index (χ0) is 26.6. The number of amidine groups is 2. The number of methoxy groups -OCH3 is 1. The zero-order valence-corrected chi connectivity index (χ0v) is 23.0. The number of thioether (sulfide) groups is 2. The Balaban J connectivity index is 1.29. The maximum Gasteiger partial charge on any atom is 0.283 e. The average Bonchev–Trinajstić information content (AvgIpc) is 3.34. The maximum atomic E-state index is 12.8. The van der Waals surface area contributed by atoms with Crippen LogP contribution in [-0.4, -0.2) is 46.4 Å². The summed E-state index contributed by atoms with van der Waals surface area (Å²) in [6.45, 7) is 2.58. The topological polar surface area (TPSA) is 87.3 Å². The van der Waals surface area contributed by atoms with Crippen LogP contribution >= 0.6 is 35.1 Å². The molecule has 0 aliphatic carbocycles. The Kier molecular flexibility index (Phi) is 7.87. The molecular formula is C28H23ClN4O3S2. The standard InChI is InChI=1S/C28H23ClN4O3S2/c1-17-7-10-19(11-8-17)37-14-13-36-23-12-9-18(16-24(23)35-2)15-21-25(30)33-28(31-26(21)34)38-27(32-33)20-5-3-4-6-22(20)29/h3-12,15-16,30H,13-14H2,1-2H3/b21-15+,30-25?. The van der Waals surface area contributed by atoms with E-state index in [1.165, 1.54) is 27.2 Å². The molecule has 1 amide bonds. The smallest absolute Gasteiger partial charge is 0.283 e. The van der Waals surface area contributed by atoms with Crippen molar-refractivity contribution in [3.8, 4) is 11.5 Å². The number of aliphatic imine (C=N–C) groups is 1. The molecule has 2 heterocycles. The quantitative estimate of drug-likeness (QED) is 0.192. The number of halogens is 1. The van der Waals surface area contributed by atoms with Crippen LogP contribution in [0.15, 0.2) is 87.3 Å². The molecule has 38 heavy (non-hydrogen) atoms. The second-order valence-electron chi connectivity index (χ2n) is 8.33. The number of aryl methyl sites for hydroxylation is 1. The van der Waals surface area contributed by atoms with Gasteiger partial charge in [0, 0.05) is 16.2 Å². The van der Waals surface area contributed by atoms with E-state index in [1.54, 1.807) is 43.1 Å². The third-order valence-corrected chi connectivity index (χ3v) is 7.94. The summed E-state index contributed by atoms with van der Waals surface area (Å²) in [7, 11) is 1.57. The lowest BCUT2D eigenvalue weighted by Crippen LogP contribution is -2.35. The van der Waals surface area contributed by atoms with Gasteiger partial charge in [0.25, 0.3) is 5.91 Å². The summed E-state index contributed by atoms with van der Waals surface area (Å²) in [5.41, 5.74) is 2.76. The highest BCUT2D eigenvalue weighted by atomic mass is 35.5. The number of amides is 1. The van der Waals surface area contributed by atoms with Gasteiger partial charge < -0.3 is 9.47 Å². The van der Waals surface area contributed by atoms with E-state index >= 15 is 0 Å². The van der Waals surface area contributed by atoms with Gasteiger partial charge in [0.15, 0.2) is 17.3 Å². The highest BCUT2D eigenvalue weighted by Gasteiger charge is 2.36. The first kappa shape index (κ1) is 26.1. The summed E-state index contributed by atoms with van der Waals surface area (Å²) < 4.78 is 11.5. The minimum absolute atomic E-state index is 0.0537. The largest absolute Gasteiger partial charge is 0.493 e. The predicted molar refractivity (Wildman–Crippen MR) is 156 cm³/mol. The minimum atomic E-state index is -0.503. The van der Waals surface area contributed by atoms with Crippen molar-refractivity contribution >= 4 is 63.2 Å². The van der Waals surface area contributed by atoms with Crippen molar-refractivity contribution in [2.24, 2.45) is 10.1 Å².